The van der Waals surface area contributed by atoms with Crippen molar-refractivity contribution >= 4 is 23.5 Å². The highest BCUT2D eigenvalue weighted by Crippen LogP contribution is 2.29. The van der Waals surface area contributed by atoms with Gasteiger partial charge in [0.05, 0.1) is 11.8 Å². The van der Waals surface area contributed by atoms with Gasteiger partial charge in [0.25, 0.3) is 0 Å². The van der Waals surface area contributed by atoms with Gasteiger partial charge >= 0.3 is 5.97 Å². The predicted molar refractivity (Wildman–Crippen MR) is 102 cm³/mol. The zero-order chi connectivity index (χ0) is 19.6. The smallest absolute Gasteiger partial charge is 0.309 e. The first-order valence-electron chi connectivity index (χ1n) is 9.64. The summed E-state index contributed by atoms with van der Waals surface area (Å²) in [4.78, 5) is 37.8. The Bertz CT molecular complexity index is 713. The van der Waals surface area contributed by atoms with Crippen LogP contribution in [0.2, 0.25) is 0 Å². The second kappa shape index (κ2) is 7.71. The number of esters is 1. The highest BCUT2D eigenvalue weighted by atomic mass is 16.6. The van der Waals surface area contributed by atoms with E-state index in [9.17, 15) is 14.4 Å². The summed E-state index contributed by atoms with van der Waals surface area (Å²) in [6.45, 7) is 7.29. The topological polar surface area (TPSA) is 75.7 Å². The Morgan fingerprint density at radius 1 is 1.07 bits per heavy atom. The summed E-state index contributed by atoms with van der Waals surface area (Å²) in [5, 5.41) is 2.41. The van der Waals surface area contributed by atoms with Gasteiger partial charge in [-0.15, -0.1) is 0 Å². The first-order chi connectivity index (χ1) is 12.7. The Morgan fingerprint density at radius 3 is 2.26 bits per heavy atom. The average Bonchev–Trinajstić information content (AvgIpc) is 2.61. The van der Waals surface area contributed by atoms with Crippen LogP contribution in [-0.4, -0.2) is 36.5 Å². The molecular formula is C21H28N2O4. The summed E-state index contributed by atoms with van der Waals surface area (Å²) in [5.41, 5.74) is 1.58. The third-order valence-corrected chi connectivity index (χ3v) is 5.13. The third-order valence-electron chi connectivity index (χ3n) is 5.13. The highest BCUT2D eigenvalue weighted by Gasteiger charge is 2.30. The van der Waals surface area contributed by atoms with Crippen molar-refractivity contribution in [2.45, 2.75) is 58.0 Å². The lowest BCUT2D eigenvalue weighted by Gasteiger charge is -2.34. The molecule has 2 aliphatic heterocycles. The fourth-order valence-electron chi connectivity index (χ4n) is 3.69. The Hall–Kier alpha value is -2.37. The Labute approximate surface area is 160 Å². The van der Waals surface area contributed by atoms with Crippen LogP contribution in [0.3, 0.4) is 0 Å². The summed E-state index contributed by atoms with van der Waals surface area (Å²) in [6, 6.07) is 7.98. The van der Waals surface area contributed by atoms with Gasteiger partial charge in [0.15, 0.2) is 0 Å². The molecular weight excluding hydrogens is 344 g/mol. The number of carbonyl (C=O) groups excluding carboxylic acids is 3. The molecule has 27 heavy (non-hydrogen) atoms. The van der Waals surface area contributed by atoms with E-state index < -0.39 is 5.60 Å². The number of rotatable bonds is 3. The Balaban J connectivity index is 1.57. The lowest BCUT2D eigenvalue weighted by molar-refractivity contribution is -0.160. The van der Waals surface area contributed by atoms with Crippen molar-refractivity contribution in [3.05, 3.63) is 29.8 Å². The number of hydrogen-bond acceptors (Lipinski definition) is 5. The minimum absolute atomic E-state index is 0.0387. The Morgan fingerprint density at radius 2 is 1.70 bits per heavy atom. The number of imide groups is 1. The average molecular weight is 372 g/mol. The number of anilines is 1. The maximum absolute atomic E-state index is 12.2. The second-order valence-electron chi connectivity index (χ2n) is 8.39. The molecule has 2 amide bonds. The lowest BCUT2D eigenvalue weighted by Crippen LogP contribution is -2.39. The van der Waals surface area contributed by atoms with Gasteiger partial charge in [-0.05, 0) is 57.7 Å². The standard InChI is InChI=1S/C21H28N2O4/c1-21(2,3)27-20(26)15-10-12-23(13-11-15)16-6-4-14(5-7-16)17-8-9-18(24)22-19(17)25/h4-7,15,17H,8-13H2,1-3H3,(H,22,24,25)/t17-/m1/s1. The van der Waals surface area contributed by atoms with E-state index in [0.717, 1.165) is 37.2 Å². The van der Waals surface area contributed by atoms with Crippen LogP contribution < -0.4 is 10.2 Å². The molecule has 6 nitrogen and oxygen atoms in total. The van der Waals surface area contributed by atoms with Crippen molar-refractivity contribution in [2.24, 2.45) is 5.92 Å². The van der Waals surface area contributed by atoms with Gasteiger partial charge in [-0.3, -0.25) is 19.7 Å². The number of nitrogens with zero attached hydrogens (tertiary/aromatic N) is 1. The minimum atomic E-state index is -0.444. The molecule has 1 aromatic rings. The van der Waals surface area contributed by atoms with E-state index in [0.29, 0.717) is 12.8 Å². The first-order valence-corrected chi connectivity index (χ1v) is 9.64. The number of hydrogen-bond donors (Lipinski definition) is 1. The quantitative estimate of drug-likeness (QED) is 0.652. The van der Waals surface area contributed by atoms with Crippen molar-refractivity contribution in [1.82, 2.24) is 5.32 Å². The number of ether oxygens (including phenoxy) is 1. The molecule has 6 heteroatoms. The maximum Gasteiger partial charge on any atom is 0.309 e. The predicted octanol–water partition coefficient (Wildman–Crippen LogP) is 2.76. The zero-order valence-electron chi connectivity index (χ0n) is 16.3. The van der Waals surface area contributed by atoms with Crippen molar-refractivity contribution < 1.29 is 19.1 Å². The number of amides is 2. The van der Waals surface area contributed by atoms with E-state index in [-0.39, 0.29) is 29.6 Å². The first kappa shape index (κ1) is 19.4. The van der Waals surface area contributed by atoms with Gasteiger partial charge in [0, 0.05) is 25.2 Å². The lowest BCUT2D eigenvalue weighted by atomic mass is 9.90. The molecule has 0 saturated carbocycles. The molecule has 146 valence electrons. The van der Waals surface area contributed by atoms with Gasteiger partial charge in [-0.1, -0.05) is 12.1 Å². The number of benzene rings is 1. The van der Waals surface area contributed by atoms with Crippen molar-refractivity contribution in [1.29, 1.82) is 0 Å². The molecule has 0 aliphatic carbocycles. The van der Waals surface area contributed by atoms with E-state index in [1.807, 2.05) is 45.0 Å². The normalized spacial score (nSPS) is 21.7. The van der Waals surface area contributed by atoms with Crippen molar-refractivity contribution in [3.63, 3.8) is 0 Å². The van der Waals surface area contributed by atoms with Gasteiger partial charge in [-0.25, -0.2) is 0 Å². The molecule has 0 unspecified atom stereocenters. The Kier molecular flexibility index (Phi) is 5.53. The molecule has 2 heterocycles. The summed E-state index contributed by atoms with van der Waals surface area (Å²) in [5.74, 6) is -0.800. The van der Waals surface area contributed by atoms with Crippen LogP contribution in [0.1, 0.15) is 57.9 Å². The largest absolute Gasteiger partial charge is 0.460 e. The summed E-state index contributed by atoms with van der Waals surface area (Å²) in [7, 11) is 0. The monoisotopic (exact) mass is 372 g/mol. The van der Waals surface area contributed by atoms with Crippen molar-refractivity contribution in [2.75, 3.05) is 18.0 Å². The molecule has 1 atom stereocenters. The van der Waals surface area contributed by atoms with E-state index in [4.69, 9.17) is 4.74 Å². The van der Waals surface area contributed by atoms with E-state index in [1.165, 1.54) is 0 Å². The summed E-state index contributed by atoms with van der Waals surface area (Å²) in [6.07, 6.45) is 2.51. The number of nitrogens with one attached hydrogen (secondary N) is 1. The fourth-order valence-corrected chi connectivity index (χ4v) is 3.69. The van der Waals surface area contributed by atoms with Gasteiger partial charge < -0.3 is 9.64 Å². The molecule has 0 bridgehead atoms. The molecule has 0 radical (unpaired) electrons. The number of carbonyl (C=O) groups is 3. The van der Waals surface area contributed by atoms with Crippen molar-refractivity contribution in [3.8, 4) is 0 Å². The number of piperidine rings is 2. The maximum atomic E-state index is 12.2. The molecule has 2 fully saturated rings. The fraction of sp³-hybridized carbons (Fsp3) is 0.571. The van der Waals surface area contributed by atoms with Crippen LogP contribution in [-0.2, 0) is 19.1 Å². The molecule has 1 aromatic carbocycles. The molecule has 1 N–H and O–H groups in total. The molecule has 2 aliphatic rings. The molecule has 2 saturated heterocycles. The van der Waals surface area contributed by atoms with Crippen LogP contribution in [0.4, 0.5) is 5.69 Å². The van der Waals surface area contributed by atoms with Crippen LogP contribution in [0.15, 0.2) is 24.3 Å². The SMILES string of the molecule is CC(C)(C)OC(=O)C1CCN(c2ccc([C@H]3CCC(=O)NC3=O)cc2)CC1. The highest BCUT2D eigenvalue weighted by molar-refractivity contribution is 6.00. The van der Waals surface area contributed by atoms with E-state index >= 15 is 0 Å². The summed E-state index contributed by atoms with van der Waals surface area (Å²) < 4.78 is 5.50. The van der Waals surface area contributed by atoms with Gasteiger partial charge in [0.2, 0.25) is 11.8 Å². The van der Waals surface area contributed by atoms with Crippen LogP contribution >= 0.6 is 0 Å². The van der Waals surface area contributed by atoms with Gasteiger partial charge in [-0.2, -0.15) is 0 Å². The van der Waals surface area contributed by atoms with Crippen LogP contribution in [0, 0.1) is 5.92 Å². The second-order valence-corrected chi connectivity index (χ2v) is 8.39. The molecule has 0 aromatic heterocycles. The molecule has 3 rings (SSSR count). The minimum Gasteiger partial charge on any atom is -0.460 e. The van der Waals surface area contributed by atoms with Crippen LogP contribution in [0.5, 0.6) is 0 Å². The van der Waals surface area contributed by atoms with E-state index in [1.54, 1.807) is 0 Å². The third kappa shape index (κ3) is 4.87. The van der Waals surface area contributed by atoms with E-state index in [2.05, 4.69) is 10.2 Å². The van der Waals surface area contributed by atoms with Gasteiger partial charge in [0.1, 0.15) is 5.60 Å². The summed E-state index contributed by atoms with van der Waals surface area (Å²) >= 11 is 0. The van der Waals surface area contributed by atoms with Crippen LogP contribution in [0.25, 0.3) is 0 Å². The zero-order valence-corrected chi connectivity index (χ0v) is 16.3. The molecule has 0 spiro atoms.